The summed E-state index contributed by atoms with van der Waals surface area (Å²) in [5.41, 5.74) is 1.02. The maximum absolute atomic E-state index is 13.1. The molecule has 18 heavy (non-hydrogen) atoms. The predicted molar refractivity (Wildman–Crippen MR) is 72.1 cm³/mol. The quantitative estimate of drug-likeness (QED) is 0.849. The monoisotopic (exact) mass is 251 g/mol. The Bertz CT molecular complexity index is 415. The Hall–Kier alpha value is -1.38. The molecule has 0 spiro atoms. The number of halogens is 1. The first-order valence-electron chi connectivity index (χ1n) is 6.47. The van der Waals surface area contributed by atoms with Crippen molar-refractivity contribution < 1.29 is 9.18 Å². The zero-order valence-electron chi connectivity index (χ0n) is 11.6. The van der Waals surface area contributed by atoms with Gasteiger partial charge in [0, 0.05) is 11.6 Å². The van der Waals surface area contributed by atoms with Crippen molar-refractivity contribution in [1.29, 1.82) is 0 Å². The number of carbonyl (C=O) groups is 1. The number of nitrogens with one attached hydrogen (secondary N) is 1. The predicted octanol–water partition coefficient (Wildman–Crippen LogP) is 3.69. The normalized spacial score (nSPS) is 12.6. The van der Waals surface area contributed by atoms with Gasteiger partial charge in [-0.3, -0.25) is 4.79 Å². The lowest BCUT2D eigenvalue weighted by atomic mass is 10.0. The van der Waals surface area contributed by atoms with E-state index in [2.05, 4.69) is 19.2 Å². The molecule has 1 N–H and O–H groups in total. The highest BCUT2D eigenvalue weighted by atomic mass is 19.1. The van der Waals surface area contributed by atoms with Gasteiger partial charge in [-0.2, -0.15) is 0 Å². The van der Waals surface area contributed by atoms with Gasteiger partial charge < -0.3 is 5.32 Å². The zero-order valence-corrected chi connectivity index (χ0v) is 11.6. The van der Waals surface area contributed by atoms with Crippen LogP contribution < -0.4 is 5.32 Å². The van der Waals surface area contributed by atoms with E-state index in [1.807, 2.05) is 6.92 Å². The van der Waals surface area contributed by atoms with E-state index in [-0.39, 0.29) is 17.8 Å². The van der Waals surface area contributed by atoms with E-state index in [4.69, 9.17) is 0 Å². The van der Waals surface area contributed by atoms with Crippen LogP contribution in [0.3, 0.4) is 0 Å². The van der Waals surface area contributed by atoms with E-state index in [0.29, 0.717) is 17.0 Å². The van der Waals surface area contributed by atoms with Gasteiger partial charge in [-0.1, -0.05) is 13.8 Å². The molecule has 2 nitrogen and oxygen atoms in total. The fourth-order valence-electron chi connectivity index (χ4n) is 1.75. The van der Waals surface area contributed by atoms with Crippen LogP contribution in [0, 0.1) is 18.7 Å². The summed E-state index contributed by atoms with van der Waals surface area (Å²) in [6.45, 7) is 7.99. The Kier molecular flexibility index (Phi) is 5.32. The van der Waals surface area contributed by atoms with Crippen molar-refractivity contribution in [2.45, 2.75) is 46.6 Å². The molecule has 0 saturated heterocycles. The van der Waals surface area contributed by atoms with E-state index in [0.717, 1.165) is 12.8 Å². The van der Waals surface area contributed by atoms with E-state index in [1.165, 1.54) is 12.1 Å². The van der Waals surface area contributed by atoms with Crippen LogP contribution in [0.4, 0.5) is 4.39 Å². The molecule has 3 heteroatoms. The van der Waals surface area contributed by atoms with Crippen LogP contribution in [-0.2, 0) is 0 Å². The first kappa shape index (κ1) is 14.7. The van der Waals surface area contributed by atoms with Crippen molar-refractivity contribution in [1.82, 2.24) is 5.32 Å². The third-order valence-electron chi connectivity index (χ3n) is 2.97. The second kappa shape index (κ2) is 6.53. The highest BCUT2D eigenvalue weighted by Crippen LogP contribution is 2.11. The number of benzene rings is 1. The Morgan fingerprint density at radius 2 is 1.94 bits per heavy atom. The van der Waals surface area contributed by atoms with Gasteiger partial charge in [0.15, 0.2) is 0 Å². The van der Waals surface area contributed by atoms with E-state index >= 15 is 0 Å². The van der Waals surface area contributed by atoms with Crippen LogP contribution in [0.5, 0.6) is 0 Å². The average Bonchev–Trinajstić information content (AvgIpc) is 2.30. The summed E-state index contributed by atoms with van der Waals surface area (Å²) in [4.78, 5) is 11.9. The molecule has 0 saturated carbocycles. The summed E-state index contributed by atoms with van der Waals surface area (Å²) in [6, 6.07) is 4.58. The number of aryl methyl sites for hydroxylation is 1. The van der Waals surface area contributed by atoms with Gasteiger partial charge in [-0.05, 0) is 56.4 Å². The van der Waals surface area contributed by atoms with Gasteiger partial charge in [0.25, 0.3) is 5.91 Å². The topological polar surface area (TPSA) is 29.1 Å². The molecule has 0 heterocycles. The van der Waals surface area contributed by atoms with Gasteiger partial charge in [0.05, 0.1) is 0 Å². The van der Waals surface area contributed by atoms with Crippen LogP contribution in [0.1, 0.15) is 49.5 Å². The number of amides is 1. The highest BCUT2D eigenvalue weighted by Gasteiger charge is 2.11. The molecule has 0 aliphatic carbocycles. The summed E-state index contributed by atoms with van der Waals surface area (Å²) >= 11 is 0. The molecule has 0 fully saturated rings. The number of hydrogen-bond acceptors (Lipinski definition) is 1. The molecule has 0 radical (unpaired) electrons. The third-order valence-corrected chi connectivity index (χ3v) is 2.97. The summed E-state index contributed by atoms with van der Waals surface area (Å²) in [5.74, 6) is 0.228. The second-order valence-electron chi connectivity index (χ2n) is 5.31. The van der Waals surface area contributed by atoms with E-state index in [9.17, 15) is 9.18 Å². The fraction of sp³-hybridized carbons (Fsp3) is 0.533. The average molecular weight is 251 g/mol. The SMILES string of the molecule is Cc1cc(C(=O)NC(C)CCC(C)C)ccc1F. The molecule has 1 amide bonds. The van der Waals surface area contributed by atoms with Crippen LogP contribution in [-0.4, -0.2) is 11.9 Å². The largest absolute Gasteiger partial charge is 0.350 e. The van der Waals surface area contributed by atoms with Gasteiger partial charge >= 0.3 is 0 Å². The Labute approximate surface area is 109 Å². The van der Waals surface area contributed by atoms with E-state index in [1.54, 1.807) is 13.0 Å². The van der Waals surface area contributed by atoms with E-state index < -0.39 is 0 Å². The minimum absolute atomic E-state index is 0.130. The van der Waals surface area contributed by atoms with Crippen molar-refractivity contribution in [3.05, 3.63) is 35.1 Å². The van der Waals surface area contributed by atoms with Gasteiger partial charge in [-0.15, -0.1) is 0 Å². The van der Waals surface area contributed by atoms with Crippen LogP contribution >= 0.6 is 0 Å². The Morgan fingerprint density at radius 3 is 2.50 bits per heavy atom. The second-order valence-corrected chi connectivity index (χ2v) is 5.31. The molecule has 0 aliphatic heterocycles. The molecule has 1 aromatic rings. The standard InChI is InChI=1S/C15H22FNO/c1-10(2)5-6-12(4)17-15(18)13-7-8-14(16)11(3)9-13/h7-10,12H,5-6H2,1-4H3,(H,17,18). The van der Waals surface area contributed by atoms with Crippen molar-refractivity contribution in [2.24, 2.45) is 5.92 Å². The minimum atomic E-state index is -0.278. The smallest absolute Gasteiger partial charge is 0.251 e. The summed E-state index contributed by atoms with van der Waals surface area (Å²) < 4.78 is 13.1. The molecule has 1 unspecified atom stereocenters. The van der Waals surface area contributed by atoms with Crippen LogP contribution in [0.25, 0.3) is 0 Å². The van der Waals surface area contributed by atoms with Gasteiger partial charge in [0.1, 0.15) is 5.82 Å². The highest BCUT2D eigenvalue weighted by molar-refractivity contribution is 5.94. The zero-order chi connectivity index (χ0) is 13.7. The van der Waals surface area contributed by atoms with Crippen molar-refractivity contribution in [3.8, 4) is 0 Å². The lowest BCUT2D eigenvalue weighted by Crippen LogP contribution is -2.32. The molecular weight excluding hydrogens is 229 g/mol. The Balaban J connectivity index is 2.56. The number of rotatable bonds is 5. The lowest BCUT2D eigenvalue weighted by Gasteiger charge is -2.15. The summed E-state index contributed by atoms with van der Waals surface area (Å²) in [5, 5.41) is 2.94. The molecule has 1 atom stereocenters. The molecule has 1 aromatic carbocycles. The maximum Gasteiger partial charge on any atom is 0.251 e. The lowest BCUT2D eigenvalue weighted by molar-refractivity contribution is 0.0937. The molecule has 1 rings (SSSR count). The van der Waals surface area contributed by atoms with Crippen molar-refractivity contribution >= 4 is 5.91 Å². The number of carbonyl (C=O) groups excluding carboxylic acids is 1. The minimum Gasteiger partial charge on any atom is -0.350 e. The summed E-state index contributed by atoms with van der Waals surface area (Å²) in [7, 11) is 0. The molecule has 100 valence electrons. The van der Waals surface area contributed by atoms with Crippen molar-refractivity contribution in [3.63, 3.8) is 0 Å². The molecule has 0 aromatic heterocycles. The van der Waals surface area contributed by atoms with Gasteiger partial charge in [0.2, 0.25) is 0 Å². The first-order valence-corrected chi connectivity index (χ1v) is 6.47. The molecular formula is C15H22FNO. The van der Waals surface area contributed by atoms with Crippen molar-refractivity contribution in [2.75, 3.05) is 0 Å². The van der Waals surface area contributed by atoms with Gasteiger partial charge in [-0.25, -0.2) is 4.39 Å². The summed E-state index contributed by atoms with van der Waals surface area (Å²) in [6.07, 6.45) is 2.05. The van der Waals surface area contributed by atoms with Crippen LogP contribution in [0.15, 0.2) is 18.2 Å². The maximum atomic E-state index is 13.1. The first-order chi connectivity index (χ1) is 8.40. The molecule has 0 bridgehead atoms. The fourth-order valence-corrected chi connectivity index (χ4v) is 1.75. The number of hydrogen-bond donors (Lipinski definition) is 1. The van der Waals surface area contributed by atoms with Crippen LogP contribution in [0.2, 0.25) is 0 Å². The Morgan fingerprint density at radius 1 is 1.28 bits per heavy atom. The third kappa shape index (κ3) is 4.47. The molecule has 0 aliphatic rings.